The van der Waals surface area contributed by atoms with Crippen molar-refractivity contribution < 1.29 is 9.53 Å². The molecule has 1 aliphatic heterocycles. The second kappa shape index (κ2) is 4.31. The Kier molecular flexibility index (Phi) is 2.64. The molecule has 4 heteroatoms. The molecular weight excluding hydrogens is 228 g/mol. The third-order valence-electron chi connectivity index (χ3n) is 3.18. The topological polar surface area (TPSA) is 55.6 Å². The molecule has 2 aromatic carbocycles. The van der Waals surface area contributed by atoms with Crippen LogP contribution in [0.2, 0.25) is 0 Å². The molecule has 0 saturated heterocycles. The fourth-order valence-corrected chi connectivity index (χ4v) is 2.35. The molecule has 2 N–H and O–H groups in total. The van der Waals surface area contributed by atoms with Crippen molar-refractivity contribution in [3.8, 4) is 5.75 Å². The van der Waals surface area contributed by atoms with E-state index in [4.69, 9.17) is 10.5 Å². The van der Waals surface area contributed by atoms with Crippen LogP contribution in [-0.2, 0) is 4.79 Å². The predicted molar refractivity (Wildman–Crippen MR) is 70.9 cm³/mol. The van der Waals surface area contributed by atoms with Gasteiger partial charge in [-0.25, -0.2) is 0 Å². The van der Waals surface area contributed by atoms with Crippen molar-refractivity contribution in [3.05, 3.63) is 36.4 Å². The van der Waals surface area contributed by atoms with Crippen molar-refractivity contribution in [2.45, 2.75) is 0 Å². The highest BCUT2D eigenvalue weighted by atomic mass is 16.5. The predicted octanol–water partition coefficient (Wildman–Crippen LogP) is 1.52. The normalized spacial score (nSPS) is 14.2. The van der Waals surface area contributed by atoms with Crippen LogP contribution in [0.15, 0.2) is 36.4 Å². The Morgan fingerprint density at radius 1 is 1.28 bits per heavy atom. The minimum Gasteiger partial charge on any atom is -0.490 e. The van der Waals surface area contributed by atoms with E-state index in [0.717, 1.165) is 22.2 Å². The molecule has 2 aromatic rings. The zero-order chi connectivity index (χ0) is 12.5. The molecule has 1 heterocycles. The first kappa shape index (κ1) is 11.0. The first-order valence-electron chi connectivity index (χ1n) is 5.96. The summed E-state index contributed by atoms with van der Waals surface area (Å²) in [6.45, 7) is 1.08. The molecule has 0 saturated carbocycles. The van der Waals surface area contributed by atoms with E-state index in [2.05, 4.69) is 0 Å². The van der Waals surface area contributed by atoms with Crippen LogP contribution in [0.3, 0.4) is 0 Å². The van der Waals surface area contributed by atoms with Gasteiger partial charge in [0, 0.05) is 5.39 Å². The standard InChI is InChI=1S/C14H14N2O2/c15-9-13(17)16-7-8-18-12-6-5-10-3-1-2-4-11(10)14(12)16/h1-6H,7-9,15H2. The molecule has 1 aliphatic rings. The molecule has 0 radical (unpaired) electrons. The fourth-order valence-electron chi connectivity index (χ4n) is 2.35. The molecule has 3 rings (SSSR count). The quantitative estimate of drug-likeness (QED) is 0.825. The summed E-state index contributed by atoms with van der Waals surface area (Å²) < 4.78 is 5.62. The van der Waals surface area contributed by atoms with Gasteiger partial charge in [0.05, 0.1) is 18.8 Å². The Labute approximate surface area is 105 Å². The van der Waals surface area contributed by atoms with Gasteiger partial charge in [-0.05, 0) is 11.5 Å². The zero-order valence-electron chi connectivity index (χ0n) is 9.93. The van der Waals surface area contributed by atoms with Crippen LogP contribution in [0.1, 0.15) is 0 Å². The molecule has 0 fully saturated rings. The Bertz CT molecular complexity index is 610. The van der Waals surface area contributed by atoms with Gasteiger partial charge in [0.15, 0.2) is 0 Å². The smallest absolute Gasteiger partial charge is 0.240 e. The summed E-state index contributed by atoms with van der Waals surface area (Å²) in [6, 6.07) is 11.9. The van der Waals surface area contributed by atoms with E-state index in [-0.39, 0.29) is 12.5 Å². The van der Waals surface area contributed by atoms with Crippen LogP contribution >= 0.6 is 0 Å². The van der Waals surface area contributed by atoms with Crippen LogP contribution < -0.4 is 15.4 Å². The van der Waals surface area contributed by atoms with Crippen molar-refractivity contribution >= 4 is 22.4 Å². The maximum absolute atomic E-state index is 11.9. The summed E-state index contributed by atoms with van der Waals surface area (Å²) in [5.41, 5.74) is 6.31. The van der Waals surface area contributed by atoms with Crippen LogP contribution in [0, 0.1) is 0 Å². The summed E-state index contributed by atoms with van der Waals surface area (Å²) in [6.07, 6.45) is 0. The van der Waals surface area contributed by atoms with Gasteiger partial charge in [0.1, 0.15) is 12.4 Å². The Balaban J connectivity index is 2.25. The molecule has 0 unspecified atom stereocenters. The molecule has 4 nitrogen and oxygen atoms in total. The number of rotatable bonds is 1. The summed E-state index contributed by atoms with van der Waals surface area (Å²) in [4.78, 5) is 13.6. The SMILES string of the molecule is NCC(=O)N1CCOc2ccc3ccccc3c21. The van der Waals surface area contributed by atoms with Crippen molar-refractivity contribution in [2.24, 2.45) is 5.73 Å². The second-order valence-electron chi connectivity index (χ2n) is 4.23. The lowest BCUT2D eigenvalue weighted by Crippen LogP contribution is -2.41. The number of benzene rings is 2. The number of carbonyl (C=O) groups excluding carboxylic acids is 1. The fraction of sp³-hybridized carbons (Fsp3) is 0.214. The molecule has 18 heavy (non-hydrogen) atoms. The highest BCUT2D eigenvalue weighted by Gasteiger charge is 2.24. The van der Waals surface area contributed by atoms with Crippen molar-refractivity contribution in [1.82, 2.24) is 0 Å². The number of anilines is 1. The van der Waals surface area contributed by atoms with E-state index in [1.807, 2.05) is 36.4 Å². The maximum atomic E-state index is 11.9. The third-order valence-corrected chi connectivity index (χ3v) is 3.18. The number of fused-ring (bicyclic) bond motifs is 3. The van der Waals surface area contributed by atoms with Crippen LogP contribution in [0.4, 0.5) is 5.69 Å². The number of carbonyl (C=O) groups is 1. The maximum Gasteiger partial charge on any atom is 0.240 e. The third kappa shape index (κ3) is 1.62. The summed E-state index contributed by atoms with van der Waals surface area (Å²) in [5.74, 6) is 0.678. The molecule has 0 aliphatic carbocycles. The first-order chi connectivity index (χ1) is 8.81. The average molecular weight is 242 g/mol. The van der Waals surface area contributed by atoms with Crippen molar-refractivity contribution in [2.75, 3.05) is 24.6 Å². The summed E-state index contributed by atoms with van der Waals surface area (Å²) in [5, 5.41) is 2.12. The summed E-state index contributed by atoms with van der Waals surface area (Å²) >= 11 is 0. The van der Waals surface area contributed by atoms with E-state index in [1.165, 1.54) is 0 Å². The summed E-state index contributed by atoms with van der Waals surface area (Å²) in [7, 11) is 0. The van der Waals surface area contributed by atoms with Gasteiger partial charge in [0.25, 0.3) is 0 Å². The number of nitrogens with two attached hydrogens (primary N) is 1. The number of ether oxygens (including phenoxy) is 1. The van der Waals surface area contributed by atoms with Crippen molar-refractivity contribution in [1.29, 1.82) is 0 Å². The molecule has 1 amide bonds. The minimum atomic E-state index is -0.0732. The second-order valence-corrected chi connectivity index (χ2v) is 4.23. The van der Waals surface area contributed by atoms with Crippen LogP contribution in [-0.4, -0.2) is 25.6 Å². The monoisotopic (exact) mass is 242 g/mol. The van der Waals surface area contributed by atoms with Gasteiger partial charge in [-0.2, -0.15) is 0 Å². The van der Waals surface area contributed by atoms with Crippen LogP contribution in [0.5, 0.6) is 5.75 Å². The lowest BCUT2D eigenvalue weighted by Gasteiger charge is -2.30. The molecule has 0 bridgehead atoms. The molecular formula is C14H14N2O2. The molecule has 92 valence electrons. The molecule has 0 aromatic heterocycles. The van der Waals surface area contributed by atoms with E-state index < -0.39 is 0 Å². The molecule has 0 spiro atoms. The lowest BCUT2D eigenvalue weighted by atomic mass is 10.1. The van der Waals surface area contributed by atoms with Gasteiger partial charge < -0.3 is 15.4 Å². The number of amides is 1. The number of hydrogen-bond donors (Lipinski definition) is 1. The van der Waals surface area contributed by atoms with Gasteiger partial charge in [0.2, 0.25) is 5.91 Å². The Morgan fingerprint density at radius 3 is 2.94 bits per heavy atom. The zero-order valence-corrected chi connectivity index (χ0v) is 9.93. The highest BCUT2D eigenvalue weighted by Crippen LogP contribution is 2.38. The number of nitrogens with zero attached hydrogens (tertiary/aromatic N) is 1. The molecule has 0 atom stereocenters. The van der Waals surface area contributed by atoms with Gasteiger partial charge in [-0.3, -0.25) is 4.79 Å². The van der Waals surface area contributed by atoms with Crippen molar-refractivity contribution in [3.63, 3.8) is 0 Å². The van der Waals surface area contributed by atoms with E-state index in [9.17, 15) is 4.79 Å². The minimum absolute atomic E-state index is 0.0165. The average Bonchev–Trinajstić information content (AvgIpc) is 2.45. The Hall–Kier alpha value is -2.07. The van der Waals surface area contributed by atoms with E-state index in [1.54, 1.807) is 4.90 Å². The van der Waals surface area contributed by atoms with Gasteiger partial charge >= 0.3 is 0 Å². The Morgan fingerprint density at radius 2 is 2.11 bits per heavy atom. The van der Waals surface area contributed by atoms with E-state index in [0.29, 0.717) is 13.2 Å². The number of hydrogen-bond acceptors (Lipinski definition) is 3. The lowest BCUT2D eigenvalue weighted by molar-refractivity contribution is -0.117. The van der Waals surface area contributed by atoms with Gasteiger partial charge in [-0.1, -0.05) is 30.3 Å². The van der Waals surface area contributed by atoms with E-state index >= 15 is 0 Å². The highest BCUT2D eigenvalue weighted by molar-refractivity contribution is 6.07. The van der Waals surface area contributed by atoms with Crippen LogP contribution in [0.25, 0.3) is 10.8 Å². The first-order valence-corrected chi connectivity index (χ1v) is 5.96. The van der Waals surface area contributed by atoms with Gasteiger partial charge in [-0.15, -0.1) is 0 Å². The largest absolute Gasteiger partial charge is 0.490 e.